The van der Waals surface area contributed by atoms with Crippen molar-refractivity contribution in [2.24, 2.45) is 0 Å². The van der Waals surface area contributed by atoms with Crippen LogP contribution in [0.3, 0.4) is 0 Å². The van der Waals surface area contributed by atoms with Gasteiger partial charge in [0.05, 0.1) is 18.4 Å². The Kier molecular flexibility index (Phi) is 2.45. The molecule has 0 aromatic heterocycles. The number of benzene rings is 1. The van der Waals surface area contributed by atoms with E-state index in [9.17, 15) is 4.79 Å². The minimum absolute atomic E-state index is 0.330. The average molecular weight is 237 g/mol. The zero-order valence-electron chi connectivity index (χ0n) is 9.88. The molecule has 0 radical (unpaired) electrons. The number of ether oxygens (including phenoxy) is 1. The maximum absolute atomic E-state index is 11.6. The largest absolute Gasteiger partial charge is 0.465 e. The molecule has 3 nitrogen and oxygen atoms in total. The van der Waals surface area contributed by atoms with E-state index in [1.807, 2.05) is 36.4 Å². The van der Waals surface area contributed by atoms with Crippen molar-refractivity contribution < 1.29 is 9.53 Å². The predicted molar refractivity (Wildman–Crippen MR) is 69.7 cm³/mol. The van der Waals surface area contributed by atoms with Crippen molar-refractivity contribution in [1.82, 2.24) is 4.98 Å². The van der Waals surface area contributed by atoms with E-state index < -0.39 is 0 Å². The van der Waals surface area contributed by atoms with Crippen molar-refractivity contribution in [1.29, 1.82) is 0 Å². The third-order valence-corrected chi connectivity index (χ3v) is 3.01. The van der Waals surface area contributed by atoms with Crippen molar-refractivity contribution in [2.75, 3.05) is 7.11 Å². The van der Waals surface area contributed by atoms with Crippen LogP contribution in [0.25, 0.3) is 22.0 Å². The third kappa shape index (κ3) is 1.61. The van der Waals surface area contributed by atoms with Crippen LogP contribution in [-0.4, -0.2) is 18.1 Å². The molecule has 2 aliphatic rings. The summed E-state index contributed by atoms with van der Waals surface area (Å²) in [5, 5.41) is 2.01. The number of aromatic nitrogens is 1. The fourth-order valence-corrected chi connectivity index (χ4v) is 2.11. The lowest BCUT2D eigenvalue weighted by Crippen LogP contribution is -2.00. The van der Waals surface area contributed by atoms with Crippen molar-refractivity contribution >= 4 is 16.7 Å². The van der Waals surface area contributed by atoms with Crippen molar-refractivity contribution in [3.05, 3.63) is 54.2 Å². The fourth-order valence-electron chi connectivity index (χ4n) is 2.11. The zero-order valence-corrected chi connectivity index (χ0v) is 9.88. The highest BCUT2D eigenvalue weighted by Gasteiger charge is 2.10. The Morgan fingerprint density at radius 1 is 1.17 bits per heavy atom. The molecule has 0 N–H and O–H groups in total. The van der Waals surface area contributed by atoms with Gasteiger partial charge in [-0.25, -0.2) is 4.79 Å². The highest BCUT2D eigenvalue weighted by molar-refractivity contribution is 6.00. The number of hydrogen-bond donors (Lipinski definition) is 0. The molecule has 0 spiro atoms. The minimum atomic E-state index is -0.330. The monoisotopic (exact) mass is 237 g/mol. The van der Waals surface area contributed by atoms with Crippen LogP contribution in [0.1, 0.15) is 10.4 Å². The van der Waals surface area contributed by atoms with Gasteiger partial charge in [0, 0.05) is 17.1 Å². The molecule has 18 heavy (non-hydrogen) atoms. The lowest BCUT2D eigenvalue weighted by molar-refractivity contribution is 0.0601. The van der Waals surface area contributed by atoms with Crippen LogP contribution >= 0.6 is 0 Å². The van der Waals surface area contributed by atoms with Crippen LogP contribution < -0.4 is 0 Å². The Balaban J connectivity index is 2.34. The summed E-state index contributed by atoms with van der Waals surface area (Å²) in [7, 11) is 1.38. The molecule has 1 aromatic carbocycles. The summed E-state index contributed by atoms with van der Waals surface area (Å²) >= 11 is 0. The van der Waals surface area contributed by atoms with E-state index >= 15 is 0 Å². The van der Waals surface area contributed by atoms with Crippen LogP contribution in [0.5, 0.6) is 0 Å². The Labute approximate surface area is 104 Å². The maximum atomic E-state index is 11.6. The Morgan fingerprint density at radius 2 is 2.06 bits per heavy atom. The molecule has 88 valence electrons. The molecule has 0 unspecified atom stereocenters. The number of esters is 1. The standard InChI is InChI=1S/C15H11NO2/c1-18-15(17)12-6-5-10-3-2-4-11-7-8-16-14(11)13(10)9-12/h2-9H,1H3. The first kappa shape index (κ1) is 10.7. The van der Waals surface area contributed by atoms with Crippen molar-refractivity contribution in [3.63, 3.8) is 0 Å². The molecule has 0 atom stereocenters. The van der Waals surface area contributed by atoms with Crippen molar-refractivity contribution in [3.8, 4) is 11.3 Å². The number of hydrogen-bond acceptors (Lipinski definition) is 3. The van der Waals surface area contributed by atoms with E-state index in [4.69, 9.17) is 4.74 Å². The Morgan fingerprint density at radius 3 is 2.89 bits per heavy atom. The number of rotatable bonds is 1. The second-order valence-electron chi connectivity index (χ2n) is 4.07. The van der Waals surface area contributed by atoms with Gasteiger partial charge in [0.2, 0.25) is 0 Å². The molecular formula is C15H11NO2. The highest BCUT2D eigenvalue weighted by atomic mass is 16.5. The van der Waals surface area contributed by atoms with Gasteiger partial charge in [-0.05, 0) is 23.6 Å². The smallest absolute Gasteiger partial charge is 0.337 e. The molecular weight excluding hydrogens is 226 g/mol. The van der Waals surface area contributed by atoms with Gasteiger partial charge in [-0.3, -0.25) is 4.98 Å². The van der Waals surface area contributed by atoms with Gasteiger partial charge in [-0.15, -0.1) is 0 Å². The second kappa shape index (κ2) is 4.11. The molecule has 3 rings (SSSR count). The van der Waals surface area contributed by atoms with E-state index in [0.29, 0.717) is 5.56 Å². The molecule has 1 aromatic rings. The second-order valence-corrected chi connectivity index (χ2v) is 4.07. The highest BCUT2D eigenvalue weighted by Crippen LogP contribution is 2.28. The van der Waals surface area contributed by atoms with E-state index in [0.717, 1.165) is 22.0 Å². The van der Waals surface area contributed by atoms with Gasteiger partial charge >= 0.3 is 5.97 Å². The van der Waals surface area contributed by atoms with Crippen LogP contribution in [0.15, 0.2) is 48.7 Å². The lowest BCUT2D eigenvalue weighted by atomic mass is 10.1. The van der Waals surface area contributed by atoms with E-state index in [-0.39, 0.29) is 5.97 Å². The van der Waals surface area contributed by atoms with Crippen LogP contribution in [0.2, 0.25) is 0 Å². The topological polar surface area (TPSA) is 39.2 Å². The summed E-state index contributed by atoms with van der Waals surface area (Å²) in [5.74, 6) is -0.330. The number of carbonyl (C=O) groups is 1. The van der Waals surface area contributed by atoms with E-state index in [2.05, 4.69) is 4.98 Å². The molecule has 0 saturated heterocycles. The fraction of sp³-hybridized carbons (Fsp3) is 0.0667. The minimum Gasteiger partial charge on any atom is -0.465 e. The van der Waals surface area contributed by atoms with E-state index in [1.165, 1.54) is 7.11 Å². The first-order valence-electron chi connectivity index (χ1n) is 5.65. The maximum Gasteiger partial charge on any atom is 0.337 e. The number of carbonyl (C=O) groups excluding carboxylic acids is 1. The van der Waals surface area contributed by atoms with Gasteiger partial charge < -0.3 is 4.74 Å². The number of fused-ring (bicyclic) bond motifs is 3. The molecule has 0 saturated carbocycles. The summed E-state index contributed by atoms with van der Waals surface area (Å²) in [6, 6.07) is 13.5. The lowest BCUT2D eigenvalue weighted by Gasteiger charge is -2.02. The Bertz CT molecular complexity index is 706. The molecule has 0 bridgehead atoms. The summed E-state index contributed by atoms with van der Waals surface area (Å²) in [6.45, 7) is 0. The number of nitrogens with zero attached hydrogens (tertiary/aromatic N) is 1. The van der Waals surface area contributed by atoms with Gasteiger partial charge in [-0.1, -0.05) is 24.3 Å². The van der Waals surface area contributed by atoms with Crippen LogP contribution in [0, 0.1) is 0 Å². The first-order valence-corrected chi connectivity index (χ1v) is 5.65. The summed E-state index contributed by atoms with van der Waals surface area (Å²) in [6.07, 6.45) is 1.77. The predicted octanol–water partition coefficient (Wildman–Crippen LogP) is 3.13. The molecule has 1 heterocycles. The van der Waals surface area contributed by atoms with Gasteiger partial charge in [-0.2, -0.15) is 0 Å². The molecule has 0 fully saturated rings. The van der Waals surface area contributed by atoms with Crippen LogP contribution in [-0.2, 0) is 4.74 Å². The summed E-state index contributed by atoms with van der Waals surface area (Å²) < 4.78 is 4.74. The van der Waals surface area contributed by atoms with Crippen molar-refractivity contribution in [2.45, 2.75) is 0 Å². The molecule has 0 amide bonds. The summed E-state index contributed by atoms with van der Waals surface area (Å²) in [4.78, 5) is 15.9. The van der Waals surface area contributed by atoms with Crippen LogP contribution in [0.4, 0.5) is 0 Å². The summed E-state index contributed by atoms with van der Waals surface area (Å²) in [5.41, 5.74) is 2.51. The quantitative estimate of drug-likeness (QED) is 0.610. The zero-order chi connectivity index (χ0) is 12.5. The molecule has 1 aliphatic carbocycles. The molecule has 3 heteroatoms. The third-order valence-electron chi connectivity index (χ3n) is 3.01. The van der Waals surface area contributed by atoms with Gasteiger partial charge in [0.15, 0.2) is 0 Å². The normalized spacial score (nSPS) is 10.7. The van der Waals surface area contributed by atoms with E-state index in [1.54, 1.807) is 12.3 Å². The number of methoxy groups -OCH3 is 1. The van der Waals surface area contributed by atoms with Gasteiger partial charge in [0.1, 0.15) is 0 Å². The first-order chi connectivity index (χ1) is 8.79. The Hall–Kier alpha value is -2.42. The van der Waals surface area contributed by atoms with Gasteiger partial charge in [0.25, 0.3) is 0 Å². The molecule has 1 aliphatic heterocycles. The average Bonchev–Trinajstić information content (AvgIpc) is 2.80. The SMILES string of the molecule is COC(=O)c1ccc2cccc3ccnc-3c2c1.